The van der Waals surface area contributed by atoms with E-state index in [0.717, 1.165) is 19.5 Å². The predicted molar refractivity (Wildman–Crippen MR) is 41.2 cm³/mol. The molecule has 2 N–H and O–H groups in total. The van der Waals surface area contributed by atoms with Gasteiger partial charge in [-0.1, -0.05) is 0 Å². The molecule has 3 nitrogen and oxygen atoms in total. The zero-order valence-corrected chi connectivity index (χ0v) is 6.61. The van der Waals surface area contributed by atoms with Crippen molar-refractivity contribution in [2.24, 2.45) is 5.92 Å². The topological polar surface area (TPSA) is 43.7 Å². The Morgan fingerprint density at radius 2 is 2.27 bits per heavy atom. The van der Waals surface area contributed by atoms with E-state index < -0.39 is 0 Å². The minimum absolute atomic E-state index is 0.123. The van der Waals surface area contributed by atoms with Gasteiger partial charge in [-0.05, 0) is 19.4 Å². The van der Waals surface area contributed by atoms with Gasteiger partial charge in [0.05, 0.1) is 6.10 Å². The maximum absolute atomic E-state index is 9.49. The summed E-state index contributed by atoms with van der Waals surface area (Å²) in [6, 6.07) is 0.468. The number of rotatable bonds is 1. The zero-order valence-electron chi connectivity index (χ0n) is 6.61. The van der Waals surface area contributed by atoms with Crippen molar-refractivity contribution in [2.45, 2.75) is 25.0 Å². The lowest BCUT2D eigenvalue weighted by Crippen LogP contribution is -2.28. The van der Waals surface area contributed by atoms with E-state index in [-0.39, 0.29) is 18.6 Å². The van der Waals surface area contributed by atoms with Crippen LogP contribution in [0.15, 0.2) is 0 Å². The molecule has 0 aromatic rings. The molecular formula is C8H15NO2. The van der Waals surface area contributed by atoms with Gasteiger partial charge in [-0.25, -0.2) is 0 Å². The van der Waals surface area contributed by atoms with Crippen molar-refractivity contribution in [1.29, 1.82) is 0 Å². The summed E-state index contributed by atoms with van der Waals surface area (Å²) in [6.07, 6.45) is 2.10. The molecule has 0 radical (unpaired) electrons. The summed E-state index contributed by atoms with van der Waals surface area (Å²) in [5.41, 5.74) is 0. The summed E-state index contributed by atoms with van der Waals surface area (Å²) >= 11 is 0. The zero-order chi connectivity index (χ0) is 7.84. The van der Waals surface area contributed by atoms with Crippen LogP contribution in [0.5, 0.6) is 0 Å². The third-order valence-electron chi connectivity index (χ3n) is 3.04. The van der Waals surface area contributed by atoms with Crippen molar-refractivity contribution in [3.05, 3.63) is 0 Å². The highest BCUT2D eigenvalue weighted by Crippen LogP contribution is 2.32. The van der Waals surface area contributed by atoms with E-state index in [1.165, 1.54) is 6.42 Å². The summed E-state index contributed by atoms with van der Waals surface area (Å²) in [7, 11) is 0. The Bertz CT molecular complexity index is 151. The highest BCUT2D eigenvalue weighted by molar-refractivity contribution is 4.96. The molecule has 0 aliphatic carbocycles. The number of hydrogen-bond donors (Lipinski definition) is 2. The Morgan fingerprint density at radius 1 is 1.45 bits per heavy atom. The summed E-state index contributed by atoms with van der Waals surface area (Å²) in [5, 5.41) is 18.5. The maximum atomic E-state index is 9.49. The molecule has 2 aliphatic rings. The van der Waals surface area contributed by atoms with Gasteiger partial charge in [0.2, 0.25) is 0 Å². The quantitative estimate of drug-likeness (QED) is 0.536. The first kappa shape index (κ1) is 7.53. The SMILES string of the molecule is OC[C@H]1[C@H](O)CN2CCC[C@H]12. The Hall–Kier alpha value is -0.120. The fraction of sp³-hybridized carbons (Fsp3) is 1.00. The second kappa shape index (κ2) is 2.73. The lowest BCUT2D eigenvalue weighted by Gasteiger charge is -2.18. The molecule has 3 atom stereocenters. The molecule has 11 heavy (non-hydrogen) atoms. The third kappa shape index (κ3) is 1.08. The van der Waals surface area contributed by atoms with Gasteiger partial charge in [-0.3, -0.25) is 4.90 Å². The highest BCUT2D eigenvalue weighted by Gasteiger charge is 2.42. The summed E-state index contributed by atoms with van der Waals surface area (Å²) in [4.78, 5) is 2.30. The molecule has 0 saturated carbocycles. The summed E-state index contributed by atoms with van der Waals surface area (Å²) in [5.74, 6) is 0.123. The van der Waals surface area contributed by atoms with Crippen molar-refractivity contribution < 1.29 is 10.2 Å². The standard InChI is InChI=1S/C8H15NO2/c10-5-6-7-2-1-3-9(7)4-8(6)11/h6-8,10-11H,1-5H2/t6-,7-,8-/m1/s1. The molecule has 2 rings (SSSR count). The van der Waals surface area contributed by atoms with E-state index in [1.807, 2.05) is 0 Å². The van der Waals surface area contributed by atoms with E-state index in [2.05, 4.69) is 4.90 Å². The van der Waals surface area contributed by atoms with Crippen LogP contribution in [0.4, 0.5) is 0 Å². The molecule has 0 spiro atoms. The van der Waals surface area contributed by atoms with Crippen LogP contribution < -0.4 is 0 Å². The van der Waals surface area contributed by atoms with Crippen LogP contribution in [0.25, 0.3) is 0 Å². The first-order valence-electron chi connectivity index (χ1n) is 4.36. The minimum atomic E-state index is -0.287. The third-order valence-corrected chi connectivity index (χ3v) is 3.04. The number of aliphatic hydroxyl groups excluding tert-OH is 2. The normalized spacial score (nSPS) is 44.7. The van der Waals surface area contributed by atoms with Crippen LogP contribution in [0.1, 0.15) is 12.8 Å². The van der Waals surface area contributed by atoms with Crippen molar-refractivity contribution in [3.63, 3.8) is 0 Å². The van der Waals surface area contributed by atoms with Crippen molar-refractivity contribution >= 4 is 0 Å². The maximum Gasteiger partial charge on any atom is 0.0732 e. The fourth-order valence-corrected chi connectivity index (χ4v) is 2.44. The number of nitrogens with zero attached hydrogens (tertiary/aromatic N) is 1. The van der Waals surface area contributed by atoms with E-state index in [9.17, 15) is 5.11 Å². The first-order valence-corrected chi connectivity index (χ1v) is 4.36. The lowest BCUT2D eigenvalue weighted by atomic mass is 9.97. The molecule has 0 aromatic carbocycles. The monoisotopic (exact) mass is 157 g/mol. The van der Waals surface area contributed by atoms with Crippen LogP contribution in [0, 0.1) is 5.92 Å². The van der Waals surface area contributed by atoms with Gasteiger partial charge in [-0.15, -0.1) is 0 Å². The average Bonchev–Trinajstić information content (AvgIpc) is 2.46. The van der Waals surface area contributed by atoms with Gasteiger partial charge in [0.15, 0.2) is 0 Å². The summed E-state index contributed by atoms with van der Waals surface area (Å²) in [6.45, 7) is 2.02. The Kier molecular flexibility index (Phi) is 1.87. The Balaban J connectivity index is 2.07. The first-order chi connectivity index (χ1) is 5.33. The fourth-order valence-electron chi connectivity index (χ4n) is 2.44. The molecule has 2 aliphatic heterocycles. The average molecular weight is 157 g/mol. The van der Waals surface area contributed by atoms with Crippen LogP contribution >= 0.6 is 0 Å². The second-order valence-corrected chi connectivity index (χ2v) is 3.62. The van der Waals surface area contributed by atoms with Gasteiger partial charge in [0, 0.05) is 25.1 Å². The van der Waals surface area contributed by atoms with Crippen LogP contribution in [0.2, 0.25) is 0 Å². The Labute approximate surface area is 66.6 Å². The van der Waals surface area contributed by atoms with Gasteiger partial charge < -0.3 is 10.2 Å². The highest BCUT2D eigenvalue weighted by atomic mass is 16.3. The number of aliphatic hydroxyl groups is 2. The van der Waals surface area contributed by atoms with Crippen molar-refractivity contribution in [2.75, 3.05) is 19.7 Å². The van der Waals surface area contributed by atoms with Crippen LogP contribution in [-0.4, -0.2) is 47.0 Å². The minimum Gasteiger partial charge on any atom is -0.396 e. The molecule has 2 fully saturated rings. The van der Waals surface area contributed by atoms with Gasteiger partial charge in [-0.2, -0.15) is 0 Å². The molecule has 0 aromatic heterocycles. The summed E-state index contributed by atoms with van der Waals surface area (Å²) < 4.78 is 0. The molecule has 2 heterocycles. The molecule has 3 heteroatoms. The van der Waals surface area contributed by atoms with E-state index >= 15 is 0 Å². The molecule has 0 amide bonds. The number of fused-ring (bicyclic) bond motifs is 1. The van der Waals surface area contributed by atoms with E-state index in [4.69, 9.17) is 5.11 Å². The Morgan fingerprint density at radius 3 is 3.00 bits per heavy atom. The lowest BCUT2D eigenvalue weighted by molar-refractivity contribution is 0.0903. The van der Waals surface area contributed by atoms with E-state index in [0.29, 0.717) is 6.04 Å². The molecule has 2 saturated heterocycles. The van der Waals surface area contributed by atoms with Crippen LogP contribution in [-0.2, 0) is 0 Å². The van der Waals surface area contributed by atoms with Crippen LogP contribution in [0.3, 0.4) is 0 Å². The largest absolute Gasteiger partial charge is 0.396 e. The van der Waals surface area contributed by atoms with Gasteiger partial charge >= 0.3 is 0 Å². The predicted octanol–water partition coefficient (Wildman–Crippen LogP) is -0.566. The van der Waals surface area contributed by atoms with Crippen molar-refractivity contribution in [3.8, 4) is 0 Å². The smallest absolute Gasteiger partial charge is 0.0732 e. The second-order valence-electron chi connectivity index (χ2n) is 3.62. The van der Waals surface area contributed by atoms with E-state index in [1.54, 1.807) is 0 Å². The van der Waals surface area contributed by atoms with Gasteiger partial charge in [0.25, 0.3) is 0 Å². The molecular weight excluding hydrogens is 142 g/mol. The molecule has 0 bridgehead atoms. The number of hydrogen-bond acceptors (Lipinski definition) is 3. The molecule has 64 valence electrons. The van der Waals surface area contributed by atoms with Crippen molar-refractivity contribution in [1.82, 2.24) is 4.90 Å². The molecule has 0 unspecified atom stereocenters. The van der Waals surface area contributed by atoms with Gasteiger partial charge in [0.1, 0.15) is 0 Å².